The first-order valence-corrected chi connectivity index (χ1v) is 13.5. The van der Waals surface area contributed by atoms with Gasteiger partial charge in [-0.2, -0.15) is 0 Å². The van der Waals surface area contributed by atoms with Crippen molar-refractivity contribution in [3.63, 3.8) is 0 Å². The average Bonchev–Trinajstić information content (AvgIpc) is 3.59. The third-order valence-corrected chi connectivity index (χ3v) is 8.12. The van der Waals surface area contributed by atoms with Crippen molar-refractivity contribution in [2.24, 2.45) is 0 Å². The summed E-state index contributed by atoms with van der Waals surface area (Å²) in [6, 6.07) is 42.2. The summed E-state index contributed by atoms with van der Waals surface area (Å²) < 4.78 is 12.9. The topological polar surface area (TPSA) is 39.2 Å². The van der Waals surface area contributed by atoms with Crippen LogP contribution in [0, 0.1) is 0 Å². The quantitative estimate of drug-likeness (QED) is 0.217. The van der Waals surface area contributed by atoms with E-state index in [9.17, 15) is 0 Å². The minimum Gasteiger partial charge on any atom is -0.456 e. The van der Waals surface area contributed by atoms with E-state index in [0.717, 1.165) is 87.8 Å². The molecule has 0 fully saturated rings. The maximum atomic E-state index is 6.70. The molecule has 0 saturated heterocycles. The number of fused-ring (bicyclic) bond motifs is 9. The Morgan fingerprint density at radius 3 is 1.90 bits per heavy atom. The summed E-state index contributed by atoms with van der Waals surface area (Å²) in [5.74, 6) is 0. The standard InChI is InChI=1S/C37H21NO2/c1-3-14-30-28(10-1)34-24(13-6-16-32(34)39-30)26-19-20-27(37-35(26)29-11-2-4-15-31(29)40-37)25-12-5-8-22-17-18-23-9-7-21-38-36(23)33(22)25/h1-21H. The Morgan fingerprint density at radius 1 is 0.400 bits per heavy atom. The van der Waals surface area contributed by atoms with Crippen LogP contribution in [0.2, 0.25) is 0 Å². The summed E-state index contributed by atoms with van der Waals surface area (Å²) in [6.07, 6.45) is 1.87. The van der Waals surface area contributed by atoms with Gasteiger partial charge in [-0.25, -0.2) is 0 Å². The largest absolute Gasteiger partial charge is 0.456 e. The Balaban J connectivity index is 1.43. The second kappa shape index (κ2) is 8.05. The van der Waals surface area contributed by atoms with Crippen LogP contribution in [0.3, 0.4) is 0 Å². The molecule has 3 heterocycles. The van der Waals surface area contributed by atoms with E-state index < -0.39 is 0 Å². The number of nitrogens with zero attached hydrogens (tertiary/aromatic N) is 1. The van der Waals surface area contributed by atoms with Crippen LogP contribution in [0.4, 0.5) is 0 Å². The van der Waals surface area contributed by atoms with Gasteiger partial charge in [0.1, 0.15) is 22.3 Å². The third-order valence-electron chi connectivity index (χ3n) is 8.12. The van der Waals surface area contributed by atoms with Gasteiger partial charge >= 0.3 is 0 Å². The number of rotatable bonds is 2. The Hall–Kier alpha value is -5.41. The number of hydrogen-bond acceptors (Lipinski definition) is 3. The number of pyridine rings is 1. The lowest BCUT2D eigenvalue weighted by Crippen LogP contribution is -1.88. The van der Waals surface area contributed by atoms with Gasteiger partial charge in [0.15, 0.2) is 0 Å². The SMILES string of the molecule is c1cnc2c(c1)ccc1cccc(-c3ccc(-c4cccc5oc6ccccc6c45)c4c3oc3ccccc34)c12. The molecule has 40 heavy (non-hydrogen) atoms. The van der Waals surface area contributed by atoms with Crippen LogP contribution in [0.25, 0.3) is 87.8 Å². The molecule has 6 aromatic carbocycles. The number of hydrogen-bond donors (Lipinski definition) is 0. The molecule has 0 bridgehead atoms. The summed E-state index contributed by atoms with van der Waals surface area (Å²) in [5.41, 5.74) is 8.97. The predicted octanol–water partition coefficient (Wildman–Crippen LogP) is 10.5. The predicted molar refractivity (Wildman–Crippen MR) is 165 cm³/mol. The van der Waals surface area contributed by atoms with Crippen LogP contribution in [0.5, 0.6) is 0 Å². The van der Waals surface area contributed by atoms with Crippen LogP contribution >= 0.6 is 0 Å². The lowest BCUT2D eigenvalue weighted by atomic mass is 9.90. The Morgan fingerprint density at radius 2 is 1.02 bits per heavy atom. The van der Waals surface area contributed by atoms with Gasteiger partial charge in [0.05, 0.1) is 5.52 Å². The van der Waals surface area contributed by atoms with Gasteiger partial charge in [-0.05, 0) is 52.4 Å². The van der Waals surface area contributed by atoms with Crippen molar-refractivity contribution in [1.82, 2.24) is 4.98 Å². The van der Waals surface area contributed by atoms with E-state index in [2.05, 4.69) is 91.0 Å². The number of furan rings is 2. The van der Waals surface area contributed by atoms with E-state index in [1.807, 2.05) is 36.5 Å². The zero-order valence-electron chi connectivity index (χ0n) is 21.4. The molecule has 0 aliphatic heterocycles. The molecule has 0 radical (unpaired) electrons. The van der Waals surface area contributed by atoms with Crippen LogP contribution in [0.15, 0.2) is 136 Å². The van der Waals surface area contributed by atoms with Gasteiger partial charge < -0.3 is 8.83 Å². The summed E-state index contributed by atoms with van der Waals surface area (Å²) >= 11 is 0. The van der Waals surface area contributed by atoms with Crippen LogP contribution < -0.4 is 0 Å². The Kier molecular flexibility index (Phi) is 4.33. The molecule has 0 aliphatic rings. The minimum absolute atomic E-state index is 0.874. The molecule has 3 heteroatoms. The highest BCUT2D eigenvalue weighted by Crippen LogP contribution is 2.46. The highest BCUT2D eigenvalue weighted by Gasteiger charge is 2.21. The van der Waals surface area contributed by atoms with E-state index in [1.165, 1.54) is 0 Å². The fraction of sp³-hybridized carbons (Fsp3) is 0. The van der Waals surface area contributed by atoms with Gasteiger partial charge in [-0.1, -0.05) is 91.0 Å². The first-order valence-electron chi connectivity index (χ1n) is 13.5. The number of benzene rings is 6. The minimum atomic E-state index is 0.874. The van der Waals surface area contributed by atoms with E-state index in [0.29, 0.717) is 0 Å². The highest BCUT2D eigenvalue weighted by atomic mass is 16.3. The monoisotopic (exact) mass is 511 g/mol. The molecular weight excluding hydrogens is 490 g/mol. The fourth-order valence-electron chi connectivity index (χ4n) is 6.40. The molecule has 3 aromatic heterocycles. The first-order chi connectivity index (χ1) is 19.8. The summed E-state index contributed by atoms with van der Waals surface area (Å²) in [5, 5.41) is 7.86. The molecule has 0 saturated carbocycles. The molecule has 0 aliphatic carbocycles. The van der Waals surface area contributed by atoms with Crippen molar-refractivity contribution in [3.05, 3.63) is 128 Å². The smallest absolute Gasteiger partial charge is 0.143 e. The van der Waals surface area contributed by atoms with E-state index >= 15 is 0 Å². The van der Waals surface area contributed by atoms with Crippen molar-refractivity contribution in [2.45, 2.75) is 0 Å². The molecular formula is C37H21NO2. The molecule has 3 nitrogen and oxygen atoms in total. The van der Waals surface area contributed by atoms with Crippen LogP contribution in [-0.4, -0.2) is 4.98 Å². The maximum Gasteiger partial charge on any atom is 0.143 e. The van der Waals surface area contributed by atoms with Crippen molar-refractivity contribution in [2.75, 3.05) is 0 Å². The fourth-order valence-corrected chi connectivity index (χ4v) is 6.40. The van der Waals surface area contributed by atoms with Crippen molar-refractivity contribution < 1.29 is 8.83 Å². The van der Waals surface area contributed by atoms with Crippen molar-refractivity contribution >= 4 is 65.6 Å². The van der Waals surface area contributed by atoms with E-state index in [4.69, 9.17) is 13.8 Å². The molecule has 0 atom stereocenters. The maximum absolute atomic E-state index is 6.70. The normalized spacial score (nSPS) is 12.0. The van der Waals surface area contributed by atoms with Gasteiger partial charge in [-0.3, -0.25) is 4.98 Å². The lowest BCUT2D eigenvalue weighted by Gasteiger charge is -2.12. The van der Waals surface area contributed by atoms with Gasteiger partial charge in [0, 0.05) is 44.1 Å². The molecule has 0 N–H and O–H groups in total. The average molecular weight is 512 g/mol. The summed E-state index contributed by atoms with van der Waals surface area (Å²) in [7, 11) is 0. The Bertz CT molecular complexity index is 2440. The van der Waals surface area contributed by atoms with Gasteiger partial charge in [-0.15, -0.1) is 0 Å². The van der Waals surface area contributed by atoms with Crippen LogP contribution in [0.1, 0.15) is 0 Å². The first kappa shape index (κ1) is 21.5. The van der Waals surface area contributed by atoms with E-state index in [1.54, 1.807) is 0 Å². The van der Waals surface area contributed by atoms with Crippen molar-refractivity contribution in [1.29, 1.82) is 0 Å². The Labute approximate surface area is 228 Å². The third kappa shape index (κ3) is 2.92. The number of aromatic nitrogens is 1. The zero-order chi connectivity index (χ0) is 26.2. The highest BCUT2D eigenvalue weighted by molar-refractivity contribution is 6.23. The second-order valence-electron chi connectivity index (χ2n) is 10.3. The molecule has 0 spiro atoms. The molecule has 0 amide bonds. The van der Waals surface area contributed by atoms with Crippen molar-refractivity contribution in [3.8, 4) is 22.3 Å². The summed E-state index contributed by atoms with van der Waals surface area (Å²) in [4.78, 5) is 4.80. The molecule has 9 rings (SSSR count). The van der Waals surface area contributed by atoms with Crippen LogP contribution in [-0.2, 0) is 0 Å². The van der Waals surface area contributed by atoms with Gasteiger partial charge in [0.25, 0.3) is 0 Å². The molecule has 9 aromatic rings. The molecule has 186 valence electrons. The molecule has 0 unspecified atom stereocenters. The summed E-state index contributed by atoms with van der Waals surface area (Å²) in [6.45, 7) is 0. The second-order valence-corrected chi connectivity index (χ2v) is 10.3. The van der Waals surface area contributed by atoms with Gasteiger partial charge in [0.2, 0.25) is 0 Å². The number of para-hydroxylation sites is 2. The van der Waals surface area contributed by atoms with E-state index in [-0.39, 0.29) is 0 Å². The zero-order valence-corrected chi connectivity index (χ0v) is 21.4. The lowest BCUT2D eigenvalue weighted by molar-refractivity contribution is 0.668.